The lowest BCUT2D eigenvalue weighted by Gasteiger charge is -2.28. The molecule has 1 aliphatic rings. The first-order valence-corrected chi connectivity index (χ1v) is 10.9. The Balaban J connectivity index is 2.01. The largest absolute Gasteiger partial charge is 0.313 e. The molecule has 3 nitrogen and oxygen atoms in total. The van der Waals surface area contributed by atoms with E-state index in [2.05, 4.69) is 11.4 Å². The molecule has 0 radical (unpaired) electrons. The SMILES string of the molecule is Cc1ccc(-c2ccc3c(c2)CNCCCCCCCN3C(=O)C(C)C)cc1F. The second-order valence-electron chi connectivity index (χ2n) is 8.40. The van der Waals surface area contributed by atoms with E-state index in [1.54, 1.807) is 13.0 Å². The Bertz CT molecular complexity index is 847. The number of anilines is 1. The number of rotatable bonds is 2. The maximum atomic E-state index is 14.1. The average Bonchev–Trinajstić information content (AvgIpc) is 2.70. The van der Waals surface area contributed by atoms with E-state index in [0.717, 1.165) is 48.3 Å². The van der Waals surface area contributed by atoms with Gasteiger partial charge in [-0.3, -0.25) is 4.79 Å². The van der Waals surface area contributed by atoms with E-state index in [1.165, 1.54) is 19.3 Å². The van der Waals surface area contributed by atoms with Gasteiger partial charge >= 0.3 is 0 Å². The molecule has 3 rings (SSSR count). The topological polar surface area (TPSA) is 32.3 Å². The van der Waals surface area contributed by atoms with Crippen LogP contribution in [-0.4, -0.2) is 19.0 Å². The third-order valence-corrected chi connectivity index (χ3v) is 5.69. The van der Waals surface area contributed by atoms with Crippen LogP contribution in [0.4, 0.5) is 10.1 Å². The number of nitrogens with one attached hydrogen (secondary N) is 1. The molecule has 0 saturated carbocycles. The van der Waals surface area contributed by atoms with Gasteiger partial charge in [-0.15, -0.1) is 0 Å². The van der Waals surface area contributed by atoms with Crippen molar-refractivity contribution in [3.8, 4) is 11.1 Å². The van der Waals surface area contributed by atoms with E-state index < -0.39 is 0 Å². The van der Waals surface area contributed by atoms with Crippen molar-refractivity contribution in [3.63, 3.8) is 0 Å². The van der Waals surface area contributed by atoms with Gasteiger partial charge in [-0.1, -0.05) is 51.3 Å². The number of fused-ring (bicyclic) bond motifs is 1. The first-order valence-electron chi connectivity index (χ1n) is 10.9. The Morgan fingerprint density at radius 1 is 1.00 bits per heavy atom. The molecule has 1 N–H and O–H groups in total. The summed E-state index contributed by atoms with van der Waals surface area (Å²) in [6.45, 7) is 8.12. The van der Waals surface area contributed by atoms with Crippen molar-refractivity contribution in [2.45, 2.75) is 59.4 Å². The van der Waals surface area contributed by atoms with E-state index >= 15 is 0 Å². The Labute approximate surface area is 174 Å². The summed E-state index contributed by atoms with van der Waals surface area (Å²) in [6, 6.07) is 11.5. The smallest absolute Gasteiger partial charge is 0.229 e. The van der Waals surface area contributed by atoms with Gasteiger partial charge < -0.3 is 10.2 Å². The van der Waals surface area contributed by atoms with Gasteiger partial charge in [-0.25, -0.2) is 4.39 Å². The molecule has 0 atom stereocenters. The molecule has 0 aromatic heterocycles. The summed E-state index contributed by atoms with van der Waals surface area (Å²) in [5, 5.41) is 3.54. The number of carbonyl (C=O) groups is 1. The van der Waals surface area contributed by atoms with Crippen LogP contribution < -0.4 is 10.2 Å². The minimum absolute atomic E-state index is 0.0467. The third-order valence-electron chi connectivity index (χ3n) is 5.69. The lowest BCUT2D eigenvalue weighted by atomic mass is 9.99. The van der Waals surface area contributed by atoms with Crippen molar-refractivity contribution in [2.75, 3.05) is 18.0 Å². The molecule has 0 saturated heterocycles. The van der Waals surface area contributed by atoms with Gasteiger partial charge in [-0.05, 0) is 66.8 Å². The maximum Gasteiger partial charge on any atom is 0.229 e. The summed E-state index contributed by atoms with van der Waals surface area (Å²) < 4.78 is 14.1. The fourth-order valence-electron chi connectivity index (χ4n) is 3.88. The molecule has 1 aliphatic heterocycles. The molecule has 0 fully saturated rings. The van der Waals surface area contributed by atoms with Gasteiger partial charge in [0, 0.05) is 24.7 Å². The van der Waals surface area contributed by atoms with E-state index in [4.69, 9.17) is 0 Å². The van der Waals surface area contributed by atoms with Crippen molar-refractivity contribution in [1.82, 2.24) is 5.32 Å². The second kappa shape index (κ2) is 10.0. The van der Waals surface area contributed by atoms with Gasteiger partial charge in [0.1, 0.15) is 5.82 Å². The van der Waals surface area contributed by atoms with E-state index in [9.17, 15) is 9.18 Å². The van der Waals surface area contributed by atoms with Crippen molar-refractivity contribution < 1.29 is 9.18 Å². The van der Waals surface area contributed by atoms with Gasteiger partial charge in [0.2, 0.25) is 5.91 Å². The number of amides is 1. The van der Waals surface area contributed by atoms with Gasteiger partial charge in [0.05, 0.1) is 0 Å². The van der Waals surface area contributed by atoms with Crippen molar-refractivity contribution >= 4 is 11.6 Å². The quantitative estimate of drug-likeness (QED) is 0.691. The Hall–Kier alpha value is -2.20. The van der Waals surface area contributed by atoms with Crippen molar-refractivity contribution in [2.24, 2.45) is 5.92 Å². The number of aryl methyl sites for hydroxylation is 1. The molecule has 1 amide bonds. The lowest BCUT2D eigenvalue weighted by Crippen LogP contribution is -2.36. The number of nitrogens with zero attached hydrogens (tertiary/aromatic N) is 1. The van der Waals surface area contributed by atoms with Crippen LogP contribution in [0, 0.1) is 18.7 Å². The standard InChI is InChI=1S/C25H33FN2O/c1-18(2)25(29)28-14-8-6-4-5-7-13-27-17-22-15-20(11-12-24(22)28)21-10-9-19(3)23(26)16-21/h9-12,15-16,18,27H,4-8,13-14,17H2,1-3H3. The molecular formula is C25H33FN2O. The zero-order valence-corrected chi connectivity index (χ0v) is 17.9. The highest BCUT2D eigenvalue weighted by atomic mass is 19.1. The highest BCUT2D eigenvalue weighted by molar-refractivity contribution is 5.95. The summed E-state index contributed by atoms with van der Waals surface area (Å²) in [5.74, 6) is -0.0722. The maximum absolute atomic E-state index is 14.1. The molecule has 29 heavy (non-hydrogen) atoms. The van der Waals surface area contributed by atoms with Gasteiger partial charge in [-0.2, -0.15) is 0 Å². The zero-order chi connectivity index (χ0) is 20.8. The number of halogens is 1. The fourth-order valence-corrected chi connectivity index (χ4v) is 3.88. The first kappa shape index (κ1) is 21.5. The monoisotopic (exact) mass is 396 g/mol. The van der Waals surface area contributed by atoms with E-state index in [0.29, 0.717) is 12.1 Å². The number of benzene rings is 2. The summed E-state index contributed by atoms with van der Waals surface area (Å²) in [6.07, 6.45) is 5.79. The molecule has 156 valence electrons. The number of carbonyl (C=O) groups excluding carboxylic acids is 1. The molecule has 1 heterocycles. The second-order valence-corrected chi connectivity index (χ2v) is 8.40. The van der Waals surface area contributed by atoms with Gasteiger partial charge in [0.15, 0.2) is 0 Å². The van der Waals surface area contributed by atoms with Crippen molar-refractivity contribution in [1.29, 1.82) is 0 Å². The fraction of sp³-hybridized carbons (Fsp3) is 0.480. The highest BCUT2D eigenvalue weighted by Crippen LogP contribution is 2.30. The number of hydrogen-bond donors (Lipinski definition) is 1. The molecule has 0 bridgehead atoms. The third kappa shape index (κ3) is 5.45. The Morgan fingerprint density at radius 3 is 2.45 bits per heavy atom. The van der Waals surface area contributed by atoms with Crippen LogP contribution in [-0.2, 0) is 11.3 Å². The van der Waals surface area contributed by atoms with Crippen LogP contribution >= 0.6 is 0 Å². The molecule has 4 heteroatoms. The van der Waals surface area contributed by atoms with Crippen molar-refractivity contribution in [3.05, 3.63) is 53.3 Å². The Kier molecular flexibility index (Phi) is 7.43. The molecule has 2 aromatic carbocycles. The molecule has 0 aliphatic carbocycles. The van der Waals surface area contributed by atoms with E-state index in [1.807, 2.05) is 43.0 Å². The van der Waals surface area contributed by atoms with Crippen LogP contribution in [0.25, 0.3) is 11.1 Å². The summed E-state index contributed by atoms with van der Waals surface area (Å²) in [7, 11) is 0. The zero-order valence-electron chi connectivity index (χ0n) is 17.9. The molecular weight excluding hydrogens is 363 g/mol. The van der Waals surface area contributed by atoms with Crippen LogP contribution in [0.3, 0.4) is 0 Å². The molecule has 2 aromatic rings. The summed E-state index contributed by atoms with van der Waals surface area (Å²) in [5.41, 5.74) is 4.57. The van der Waals surface area contributed by atoms with Crippen LogP contribution in [0.5, 0.6) is 0 Å². The average molecular weight is 397 g/mol. The minimum atomic E-state index is -0.190. The minimum Gasteiger partial charge on any atom is -0.313 e. The van der Waals surface area contributed by atoms with Crippen LogP contribution in [0.1, 0.15) is 57.1 Å². The predicted molar refractivity (Wildman–Crippen MR) is 119 cm³/mol. The van der Waals surface area contributed by atoms with Gasteiger partial charge in [0.25, 0.3) is 0 Å². The Morgan fingerprint density at radius 2 is 1.69 bits per heavy atom. The summed E-state index contributed by atoms with van der Waals surface area (Å²) in [4.78, 5) is 14.9. The molecule has 0 unspecified atom stereocenters. The predicted octanol–water partition coefficient (Wildman–Crippen LogP) is 5.84. The molecule has 0 spiro atoms. The van der Waals surface area contributed by atoms with Crippen LogP contribution in [0.15, 0.2) is 36.4 Å². The van der Waals surface area contributed by atoms with Crippen LogP contribution in [0.2, 0.25) is 0 Å². The lowest BCUT2D eigenvalue weighted by molar-refractivity contribution is -0.121. The normalized spacial score (nSPS) is 16.1. The summed E-state index contributed by atoms with van der Waals surface area (Å²) >= 11 is 0. The number of hydrogen-bond acceptors (Lipinski definition) is 2. The first-order chi connectivity index (χ1) is 14.0. The van der Waals surface area contributed by atoms with E-state index in [-0.39, 0.29) is 17.6 Å². The highest BCUT2D eigenvalue weighted by Gasteiger charge is 2.21.